The van der Waals surface area contributed by atoms with Crippen molar-refractivity contribution in [2.24, 2.45) is 5.41 Å². The van der Waals surface area contributed by atoms with E-state index in [4.69, 9.17) is 9.84 Å². The summed E-state index contributed by atoms with van der Waals surface area (Å²) in [4.78, 5) is 25.0. The summed E-state index contributed by atoms with van der Waals surface area (Å²) in [5.41, 5.74) is -0.0652. The Balaban J connectivity index is 1.70. The maximum atomic E-state index is 12.2. The van der Waals surface area contributed by atoms with Gasteiger partial charge in [0, 0.05) is 23.5 Å². The molecule has 2 rings (SSSR count). The molecule has 0 aliphatic heterocycles. The number of amides is 2. The van der Waals surface area contributed by atoms with Gasteiger partial charge in [-0.05, 0) is 39.7 Å². The molecule has 2 amide bonds. The van der Waals surface area contributed by atoms with Crippen molar-refractivity contribution in [3.63, 3.8) is 0 Å². The number of ether oxygens (including phenoxy) is 1. The van der Waals surface area contributed by atoms with Crippen LogP contribution in [0.5, 0.6) is 0 Å². The van der Waals surface area contributed by atoms with Crippen LogP contribution in [0.25, 0.3) is 0 Å². The second kappa shape index (κ2) is 7.91. The first kappa shape index (κ1) is 20.0. The fourth-order valence-electron chi connectivity index (χ4n) is 3.75. The number of nitrogens with zero attached hydrogens (tertiary/aromatic N) is 1. The summed E-state index contributed by atoms with van der Waals surface area (Å²) in [6, 6.07) is 0.353. The van der Waals surface area contributed by atoms with E-state index in [1.54, 1.807) is 0 Å². The van der Waals surface area contributed by atoms with Crippen molar-refractivity contribution in [3.05, 3.63) is 0 Å². The van der Waals surface area contributed by atoms with Crippen molar-refractivity contribution >= 4 is 12.0 Å². The molecule has 2 unspecified atom stereocenters. The van der Waals surface area contributed by atoms with Crippen molar-refractivity contribution in [3.8, 4) is 0 Å². The Kier molecular flexibility index (Phi) is 6.32. The molecule has 0 spiro atoms. The van der Waals surface area contributed by atoms with Crippen LogP contribution in [0.4, 0.5) is 4.79 Å². The van der Waals surface area contributed by atoms with Crippen molar-refractivity contribution in [2.45, 2.75) is 84.2 Å². The average Bonchev–Trinajstić information content (AvgIpc) is 2.46. The van der Waals surface area contributed by atoms with Crippen LogP contribution in [0.15, 0.2) is 0 Å². The molecule has 144 valence electrons. The van der Waals surface area contributed by atoms with Crippen LogP contribution in [0.1, 0.15) is 53.9 Å². The van der Waals surface area contributed by atoms with Gasteiger partial charge in [0.05, 0.1) is 18.8 Å². The molecule has 0 aromatic carbocycles. The van der Waals surface area contributed by atoms with E-state index < -0.39 is 5.97 Å². The molecule has 0 bridgehead atoms. The van der Waals surface area contributed by atoms with Gasteiger partial charge in [0.1, 0.15) is 0 Å². The predicted octanol–water partition coefficient (Wildman–Crippen LogP) is 1.82. The van der Waals surface area contributed by atoms with Crippen molar-refractivity contribution in [1.82, 2.24) is 15.5 Å². The maximum Gasteiger partial charge on any atom is 0.317 e. The number of carboxylic acids is 1. The zero-order valence-electron chi connectivity index (χ0n) is 16.0. The molecule has 2 saturated carbocycles. The molecule has 2 aliphatic rings. The number of urea groups is 1. The highest BCUT2D eigenvalue weighted by molar-refractivity contribution is 5.75. The fraction of sp³-hybridized carbons (Fsp3) is 0.889. The normalized spacial score (nSPS) is 30.5. The number of rotatable bonds is 8. The topological polar surface area (TPSA) is 90.9 Å². The minimum absolute atomic E-state index is 0.0631. The fourth-order valence-corrected chi connectivity index (χ4v) is 3.75. The number of aliphatic carboxylic acids is 1. The summed E-state index contributed by atoms with van der Waals surface area (Å²) < 4.78 is 5.89. The van der Waals surface area contributed by atoms with Crippen molar-refractivity contribution < 1.29 is 19.4 Å². The molecule has 2 fully saturated rings. The molecule has 7 nitrogen and oxygen atoms in total. The smallest absolute Gasteiger partial charge is 0.317 e. The molecule has 0 radical (unpaired) electrons. The second-order valence-corrected chi connectivity index (χ2v) is 8.18. The average molecular weight is 355 g/mol. The minimum atomic E-state index is -0.804. The number of likely N-dealkylation sites (N-methyl/N-ethyl adjacent to an activating group) is 1. The molecule has 0 heterocycles. The molecular weight excluding hydrogens is 322 g/mol. The SMILES string of the molecule is CCN(CC(=O)O)C1CC(NC(=O)NC2CC(OC(C)C)C2(C)C)C1. The van der Waals surface area contributed by atoms with Gasteiger partial charge in [-0.2, -0.15) is 0 Å². The first-order chi connectivity index (χ1) is 11.6. The Labute approximate surface area is 150 Å². The Morgan fingerprint density at radius 2 is 1.88 bits per heavy atom. The summed E-state index contributed by atoms with van der Waals surface area (Å²) >= 11 is 0. The number of carbonyl (C=O) groups is 2. The molecule has 2 atom stereocenters. The van der Waals surface area contributed by atoms with E-state index in [0.717, 1.165) is 19.3 Å². The van der Waals surface area contributed by atoms with Gasteiger partial charge in [0.2, 0.25) is 0 Å². The van der Waals surface area contributed by atoms with Gasteiger partial charge in [-0.25, -0.2) is 4.79 Å². The van der Waals surface area contributed by atoms with E-state index in [2.05, 4.69) is 24.5 Å². The van der Waals surface area contributed by atoms with E-state index in [1.807, 2.05) is 25.7 Å². The lowest BCUT2D eigenvalue weighted by atomic mass is 9.64. The van der Waals surface area contributed by atoms with Crippen LogP contribution in [-0.2, 0) is 9.53 Å². The molecule has 3 N–H and O–H groups in total. The summed E-state index contributed by atoms with van der Waals surface area (Å²) in [6.45, 7) is 11.0. The molecule has 2 aliphatic carbocycles. The summed E-state index contributed by atoms with van der Waals surface area (Å²) in [5, 5.41) is 15.0. The lowest BCUT2D eigenvalue weighted by Gasteiger charge is -2.52. The third kappa shape index (κ3) is 4.85. The summed E-state index contributed by atoms with van der Waals surface area (Å²) in [6.07, 6.45) is 2.83. The standard InChI is InChI=1S/C18H33N3O4/c1-6-21(10-16(22)23)13-7-12(8-13)19-17(24)20-14-9-15(18(14,4)5)25-11(2)3/h11-15H,6-10H2,1-5H3,(H,22,23)(H2,19,20,24). The Morgan fingerprint density at radius 3 is 2.36 bits per heavy atom. The maximum absolute atomic E-state index is 12.2. The van der Waals surface area contributed by atoms with Crippen LogP contribution >= 0.6 is 0 Å². The molecule has 7 heteroatoms. The van der Waals surface area contributed by atoms with E-state index in [1.165, 1.54) is 0 Å². The van der Waals surface area contributed by atoms with E-state index in [9.17, 15) is 9.59 Å². The summed E-state index contributed by atoms with van der Waals surface area (Å²) in [5.74, 6) is -0.804. The van der Waals surface area contributed by atoms with Crippen molar-refractivity contribution in [2.75, 3.05) is 13.1 Å². The van der Waals surface area contributed by atoms with Gasteiger partial charge < -0.3 is 20.5 Å². The predicted molar refractivity (Wildman–Crippen MR) is 95.6 cm³/mol. The first-order valence-electron chi connectivity index (χ1n) is 9.31. The van der Waals surface area contributed by atoms with E-state index in [-0.39, 0.29) is 48.3 Å². The number of hydrogen-bond acceptors (Lipinski definition) is 4. The van der Waals surface area contributed by atoms with Crippen LogP contribution in [0.3, 0.4) is 0 Å². The van der Waals surface area contributed by atoms with Gasteiger partial charge in [0.25, 0.3) is 0 Å². The van der Waals surface area contributed by atoms with Gasteiger partial charge in [-0.3, -0.25) is 9.69 Å². The van der Waals surface area contributed by atoms with Gasteiger partial charge in [-0.1, -0.05) is 20.8 Å². The van der Waals surface area contributed by atoms with Gasteiger partial charge in [-0.15, -0.1) is 0 Å². The van der Waals surface area contributed by atoms with Gasteiger partial charge >= 0.3 is 12.0 Å². The Bertz CT molecular complexity index is 489. The third-order valence-corrected chi connectivity index (χ3v) is 5.63. The van der Waals surface area contributed by atoms with Crippen molar-refractivity contribution in [1.29, 1.82) is 0 Å². The third-order valence-electron chi connectivity index (χ3n) is 5.63. The van der Waals surface area contributed by atoms with Gasteiger partial charge in [0.15, 0.2) is 0 Å². The molecule has 25 heavy (non-hydrogen) atoms. The molecule has 0 aromatic heterocycles. The first-order valence-corrected chi connectivity index (χ1v) is 9.31. The lowest BCUT2D eigenvalue weighted by molar-refractivity contribution is -0.139. The summed E-state index contributed by atoms with van der Waals surface area (Å²) in [7, 11) is 0. The zero-order valence-corrected chi connectivity index (χ0v) is 16.0. The largest absolute Gasteiger partial charge is 0.480 e. The quantitative estimate of drug-likeness (QED) is 0.618. The Hall–Kier alpha value is -1.34. The number of carbonyl (C=O) groups excluding carboxylic acids is 1. The molecular formula is C18H33N3O4. The molecule has 0 saturated heterocycles. The van der Waals surface area contributed by atoms with E-state index >= 15 is 0 Å². The highest BCUT2D eigenvalue weighted by Crippen LogP contribution is 2.43. The highest BCUT2D eigenvalue weighted by Gasteiger charge is 2.50. The van der Waals surface area contributed by atoms with Crippen LogP contribution in [0.2, 0.25) is 0 Å². The van der Waals surface area contributed by atoms with Crippen LogP contribution < -0.4 is 10.6 Å². The monoisotopic (exact) mass is 355 g/mol. The minimum Gasteiger partial charge on any atom is -0.480 e. The van der Waals surface area contributed by atoms with Crippen LogP contribution in [-0.4, -0.2) is 65.4 Å². The second-order valence-electron chi connectivity index (χ2n) is 8.18. The Morgan fingerprint density at radius 1 is 1.24 bits per heavy atom. The van der Waals surface area contributed by atoms with Crippen LogP contribution in [0, 0.1) is 5.41 Å². The molecule has 0 aromatic rings. The zero-order chi connectivity index (χ0) is 18.8. The number of carboxylic acid groups (broad SMARTS) is 1. The van der Waals surface area contributed by atoms with E-state index in [0.29, 0.717) is 6.54 Å². The lowest BCUT2D eigenvalue weighted by Crippen LogP contribution is -2.65. The number of hydrogen-bond donors (Lipinski definition) is 3. The number of nitrogens with one attached hydrogen (secondary N) is 2. The highest BCUT2D eigenvalue weighted by atomic mass is 16.5.